The topological polar surface area (TPSA) is 77.8 Å². The van der Waals surface area contributed by atoms with Crippen LogP contribution in [0.15, 0.2) is 71.9 Å². The molecule has 0 radical (unpaired) electrons. The minimum atomic E-state index is -0.119. The maximum atomic E-state index is 12.3. The third-order valence-corrected chi connectivity index (χ3v) is 5.29. The Balaban J connectivity index is 1.25. The number of thioether (sulfide) groups is 1. The lowest BCUT2D eigenvalue weighted by molar-refractivity contribution is -0.113. The Morgan fingerprint density at radius 3 is 2.83 bits per heavy atom. The summed E-state index contributed by atoms with van der Waals surface area (Å²) in [5, 5.41) is 8.16. The van der Waals surface area contributed by atoms with E-state index in [9.17, 15) is 4.79 Å². The van der Waals surface area contributed by atoms with Gasteiger partial charge in [0.15, 0.2) is 17.1 Å². The van der Waals surface area contributed by atoms with E-state index < -0.39 is 0 Å². The number of nitrogens with zero attached hydrogens (tertiary/aromatic N) is 3. The summed E-state index contributed by atoms with van der Waals surface area (Å²) >= 11 is 1.37. The number of anilines is 1. The number of fused-ring (bicyclic) bond motifs is 2. The number of carbonyl (C=O) groups is 1. The van der Waals surface area contributed by atoms with Gasteiger partial charge in [-0.15, -0.1) is 0 Å². The molecular formula is C21H16N4O3S. The van der Waals surface area contributed by atoms with Gasteiger partial charge in [0.1, 0.15) is 5.03 Å². The van der Waals surface area contributed by atoms with E-state index in [1.807, 2.05) is 48.7 Å². The lowest BCUT2D eigenvalue weighted by atomic mass is 10.2. The molecule has 0 bridgehead atoms. The summed E-state index contributed by atoms with van der Waals surface area (Å²) in [5.41, 5.74) is 3.33. The van der Waals surface area contributed by atoms with Crippen LogP contribution in [0.2, 0.25) is 0 Å². The van der Waals surface area contributed by atoms with E-state index in [1.54, 1.807) is 22.7 Å². The fourth-order valence-corrected chi connectivity index (χ4v) is 3.66. The lowest BCUT2D eigenvalue weighted by Gasteiger charge is -2.06. The fraction of sp³-hybridized carbons (Fsp3) is 0.0952. The molecule has 0 unspecified atom stereocenters. The van der Waals surface area contributed by atoms with Crippen LogP contribution >= 0.6 is 11.8 Å². The van der Waals surface area contributed by atoms with Crippen LogP contribution in [0.25, 0.3) is 16.9 Å². The fourth-order valence-electron chi connectivity index (χ4n) is 3.00. The maximum absolute atomic E-state index is 12.3. The molecule has 0 saturated carbocycles. The highest BCUT2D eigenvalue weighted by atomic mass is 32.2. The van der Waals surface area contributed by atoms with Crippen LogP contribution in [0.3, 0.4) is 0 Å². The second-order valence-electron chi connectivity index (χ2n) is 6.37. The van der Waals surface area contributed by atoms with E-state index in [1.165, 1.54) is 11.8 Å². The van der Waals surface area contributed by atoms with Gasteiger partial charge in [-0.05, 0) is 24.3 Å². The molecule has 144 valence electrons. The summed E-state index contributed by atoms with van der Waals surface area (Å²) in [6.45, 7) is 0.205. The van der Waals surface area contributed by atoms with E-state index in [0.717, 1.165) is 21.9 Å². The zero-order valence-corrected chi connectivity index (χ0v) is 16.1. The van der Waals surface area contributed by atoms with Gasteiger partial charge in [-0.3, -0.25) is 4.79 Å². The van der Waals surface area contributed by atoms with Gasteiger partial charge in [-0.1, -0.05) is 42.1 Å². The van der Waals surface area contributed by atoms with Gasteiger partial charge in [-0.25, -0.2) is 9.50 Å². The Hall–Kier alpha value is -3.52. The quantitative estimate of drug-likeness (QED) is 0.509. The molecule has 8 heteroatoms. The first-order chi connectivity index (χ1) is 14.2. The highest BCUT2D eigenvalue weighted by Gasteiger charge is 2.14. The monoisotopic (exact) mass is 404 g/mol. The van der Waals surface area contributed by atoms with Crippen LogP contribution in [-0.2, 0) is 4.79 Å². The minimum Gasteiger partial charge on any atom is -0.454 e. The first kappa shape index (κ1) is 17.6. The highest BCUT2D eigenvalue weighted by Crippen LogP contribution is 2.34. The molecule has 1 N–H and O–H groups in total. The number of benzene rings is 2. The van der Waals surface area contributed by atoms with Gasteiger partial charge in [-0.2, -0.15) is 5.10 Å². The molecule has 0 fully saturated rings. The summed E-state index contributed by atoms with van der Waals surface area (Å²) < 4.78 is 12.3. The van der Waals surface area contributed by atoms with Crippen molar-refractivity contribution in [3.8, 4) is 22.8 Å². The van der Waals surface area contributed by atoms with E-state index in [4.69, 9.17) is 9.47 Å². The van der Waals surface area contributed by atoms with Crippen molar-refractivity contribution in [3.05, 3.63) is 66.9 Å². The second-order valence-corrected chi connectivity index (χ2v) is 7.37. The molecule has 29 heavy (non-hydrogen) atoms. The number of aromatic nitrogens is 3. The molecule has 2 aromatic heterocycles. The van der Waals surface area contributed by atoms with Crippen molar-refractivity contribution in [2.75, 3.05) is 17.9 Å². The summed E-state index contributed by atoms with van der Waals surface area (Å²) in [4.78, 5) is 16.9. The zero-order valence-electron chi connectivity index (χ0n) is 15.2. The van der Waals surface area contributed by atoms with Gasteiger partial charge >= 0.3 is 0 Å². The van der Waals surface area contributed by atoms with Gasteiger partial charge < -0.3 is 14.8 Å². The maximum Gasteiger partial charge on any atom is 0.234 e. The third-order valence-electron chi connectivity index (χ3n) is 4.37. The van der Waals surface area contributed by atoms with Gasteiger partial charge in [0.2, 0.25) is 12.7 Å². The van der Waals surface area contributed by atoms with Crippen molar-refractivity contribution >= 4 is 29.0 Å². The Labute approximate surface area is 170 Å². The number of ether oxygens (including phenoxy) is 2. The first-order valence-corrected chi connectivity index (χ1v) is 9.97. The van der Waals surface area contributed by atoms with Crippen molar-refractivity contribution in [2.45, 2.75) is 5.03 Å². The molecule has 3 heterocycles. The average Bonchev–Trinajstić information content (AvgIpc) is 3.39. The molecule has 1 aliphatic heterocycles. The molecule has 0 atom stereocenters. The molecule has 0 spiro atoms. The van der Waals surface area contributed by atoms with Crippen molar-refractivity contribution in [1.29, 1.82) is 0 Å². The molecule has 5 rings (SSSR count). The molecule has 7 nitrogen and oxygen atoms in total. The Bertz CT molecular complexity index is 1190. The number of nitrogens with one attached hydrogen (secondary N) is 1. The zero-order chi connectivity index (χ0) is 19.6. The van der Waals surface area contributed by atoms with Crippen LogP contribution in [-0.4, -0.2) is 33.1 Å². The molecule has 0 saturated heterocycles. The predicted molar refractivity (Wildman–Crippen MR) is 110 cm³/mol. The van der Waals surface area contributed by atoms with Crippen molar-refractivity contribution in [3.63, 3.8) is 0 Å². The van der Waals surface area contributed by atoms with Crippen molar-refractivity contribution < 1.29 is 14.3 Å². The number of carbonyl (C=O) groups excluding carboxylic acids is 1. The van der Waals surface area contributed by atoms with E-state index in [0.29, 0.717) is 17.2 Å². The third kappa shape index (κ3) is 3.74. The lowest BCUT2D eigenvalue weighted by Crippen LogP contribution is -2.14. The predicted octanol–water partition coefficient (Wildman–Crippen LogP) is 3.86. The highest BCUT2D eigenvalue weighted by molar-refractivity contribution is 7.99. The number of hydrogen-bond acceptors (Lipinski definition) is 6. The van der Waals surface area contributed by atoms with Crippen LogP contribution in [0.4, 0.5) is 5.69 Å². The Morgan fingerprint density at radius 2 is 1.93 bits per heavy atom. The molecule has 1 amide bonds. The van der Waals surface area contributed by atoms with Crippen LogP contribution < -0.4 is 14.8 Å². The SMILES string of the molecule is O=C(CSc1ccc2nc(-c3ccccc3)cn2n1)Nc1ccc2c(c1)OCO2. The second kappa shape index (κ2) is 7.48. The standard InChI is InChI=1S/C21H16N4O3S/c26-20(22-15-6-7-17-18(10-15)28-13-27-17)12-29-21-9-8-19-23-16(11-25(19)24-21)14-4-2-1-3-5-14/h1-11H,12-13H2,(H,22,26). The summed E-state index contributed by atoms with van der Waals surface area (Å²) in [6, 6.07) is 19.1. The van der Waals surface area contributed by atoms with Gasteiger partial charge in [0.05, 0.1) is 17.6 Å². The Kier molecular flexibility index (Phi) is 4.53. The number of rotatable bonds is 5. The molecule has 2 aromatic carbocycles. The number of hydrogen-bond donors (Lipinski definition) is 1. The van der Waals surface area contributed by atoms with Crippen LogP contribution in [0.1, 0.15) is 0 Å². The van der Waals surface area contributed by atoms with E-state index in [2.05, 4.69) is 15.4 Å². The Morgan fingerprint density at radius 1 is 1.07 bits per heavy atom. The van der Waals surface area contributed by atoms with Gasteiger partial charge in [0, 0.05) is 17.3 Å². The summed E-state index contributed by atoms with van der Waals surface area (Å²) in [5.74, 6) is 1.45. The number of amides is 1. The largest absolute Gasteiger partial charge is 0.454 e. The minimum absolute atomic E-state index is 0.119. The van der Waals surface area contributed by atoms with Crippen LogP contribution in [0.5, 0.6) is 11.5 Å². The average molecular weight is 404 g/mol. The summed E-state index contributed by atoms with van der Waals surface area (Å²) in [6.07, 6.45) is 1.89. The smallest absolute Gasteiger partial charge is 0.234 e. The molecule has 1 aliphatic rings. The molecule has 4 aromatic rings. The molecule has 0 aliphatic carbocycles. The van der Waals surface area contributed by atoms with Gasteiger partial charge in [0.25, 0.3) is 0 Å². The van der Waals surface area contributed by atoms with E-state index >= 15 is 0 Å². The van der Waals surface area contributed by atoms with Crippen molar-refractivity contribution in [1.82, 2.24) is 14.6 Å². The van der Waals surface area contributed by atoms with E-state index in [-0.39, 0.29) is 18.5 Å². The number of imidazole rings is 1. The summed E-state index contributed by atoms with van der Waals surface area (Å²) in [7, 11) is 0. The molecular weight excluding hydrogens is 388 g/mol. The normalized spacial score (nSPS) is 12.3. The van der Waals surface area contributed by atoms with Crippen molar-refractivity contribution in [2.24, 2.45) is 0 Å². The first-order valence-electron chi connectivity index (χ1n) is 8.99. The van der Waals surface area contributed by atoms with Crippen LogP contribution in [0, 0.1) is 0 Å².